The SMILES string of the molecule is COc1ccc([C@H]2C3=C(CCCC3=O)Nc3c(C#N)cnn32)cc1O. The fourth-order valence-electron chi connectivity index (χ4n) is 3.53. The summed E-state index contributed by atoms with van der Waals surface area (Å²) in [5.74, 6) is 1.00. The number of nitrogens with one attached hydrogen (secondary N) is 1. The molecule has 0 bridgehead atoms. The summed E-state index contributed by atoms with van der Waals surface area (Å²) in [5.41, 5.74) is 2.63. The molecule has 1 aromatic carbocycles. The van der Waals surface area contributed by atoms with E-state index in [2.05, 4.69) is 16.5 Å². The van der Waals surface area contributed by atoms with Crippen LogP contribution in [0.5, 0.6) is 11.5 Å². The molecule has 0 saturated heterocycles. The lowest BCUT2D eigenvalue weighted by molar-refractivity contribution is -0.116. The number of carbonyl (C=O) groups excluding carboxylic acids is 1. The van der Waals surface area contributed by atoms with Crippen molar-refractivity contribution >= 4 is 11.6 Å². The molecule has 4 rings (SSSR count). The van der Waals surface area contributed by atoms with Crippen molar-refractivity contribution in [2.45, 2.75) is 25.3 Å². The molecule has 0 spiro atoms. The minimum absolute atomic E-state index is 0.00171. The Kier molecular flexibility index (Phi) is 3.46. The summed E-state index contributed by atoms with van der Waals surface area (Å²) in [6.45, 7) is 0. The predicted molar refractivity (Wildman–Crippen MR) is 89.2 cm³/mol. The zero-order chi connectivity index (χ0) is 17.6. The molecule has 7 heteroatoms. The van der Waals surface area contributed by atoms with Crippen LogP contribution < -0.4 is 10.1 Å². The molecule has 25 heavy (non-hydrogen) atoms. The first-order valence-corrected chi connectivity index (χ1v) is 8.01. The average Bonchev–Trinajstić information content (AvgIpc) is 3.02. The van der Waals surface area contributed by atoms with E-state index in [1.54, 1.807) is 22.9 Å². The molecule has 0 unspecified atom stereocenters. The van der Waals surface area contributed by atoms with Crippen molar-refractivity contribution in [3.8, 4) is 17.6 Å². The van der Waals surface area contributed by atoms with Gasteiger partial charge in [0, 0.05) is 17.7 Å². The highest BCUT2D eigenvalue weighted by Gasteiger charge is 2.36. The second-order valence-corrected chi connectivity index (χ2v) is 6.09. The maximum Gasteiger partial charge on any atom is 0.163 e. The molecule has 2 aromatic rings. The van der Waals surface area contributed by atoms with Crippen LogP contribution in [0.1, 0.15) is 36.4 Å². The number of methoxy groups -OCH3 is 1. The van der Waals surface area contributed by atoms with Crippen LogP contribution >= 0.6 is 0 Å². The number of aromatic nitrogens is 2. The Balaban J connectivity index is 1.93. The number of phenols is 1. The average molecular weight is 336 g/mol. The first-order valence-electron chi connectivity index (χ1n) is 8.01. The highest BCUT2D eigenvalue weighted by Crippen LogP contribution is 2.42. The lowest BCUT2D eigenvalue weighted by atomic mass is 9.85. The minimum atomic E-state index is -0.474. The van der Waals surface area contributed by atoms with Gasteiger partial charge >= 0.3 is 0 Å². The number of benzene rings is 1. The highest BCUT2D eigenvalue weighted by molar-refractivity contribution is 5.99. The Morgan fingerprint density at radius 1 is 1.44 bits per heavy atom. The number of fused-ring (bicyclic) bond motifs is 1. The Labute approximate surface area is 144 Å². The number of allylic oxidation sites excluding steroid dienone is 2. The third-order valence-corrected chi connectivity index (χ3v) is 4.68. The van der Waals surface area contributed by atoms with E-state index >= 15 is 0 Å². The van der Waals surface area contributed by atoms with Gasteiger partial charge < -0.3 is 15.2 Å². The number of hydrogen-bond acceptors (Lipinski definition) is 6. The van der Waals surface area contributed by atoms with E-state index in [4.69, 9.17) is 4.74 Å². The molecular weight excluding hydrogens is 320 g/mol. The molecular formula is C18H16N4O3. The smallest absolute Gasteiger partial charge is 0.163 e. The lowest BCUT2D eigenvalue weighted by Gasteiger charge is -2.33. The summed E-state index contributed by atoms with van der Waals surface area (Å²) >= 11 is 0. The molecule has 2 aliphatic rings. The van der Waals surface area contributed by atoms with Crippen molar-refractivity contribution in [3.05, 3.63) is 46.8 Å². The van der Waals surface area contributed by atoms with Gasteiger partial charge in [-0.25, -0.2) is 4.68 Å². The Hall–Kier alpha value is -3.27. The lowest BCUT2D eigenvalue weighted by Crippen LogP contribution is -2.31. The van der Waals surface area contributed by atoms with Gasteiger partial charge in [-0.3, -0.25) is 4.79 Å². The van der Waals surface area contributed by atoms with E-state index < -0.39 is 6.04 Å². The maximum atomic E-state index is 12.6. The summed E-state index contributed by atoms with van der Waals surface area (Å²) in [6.07, 6.45) is 3.50. The zero-order valence-electron chi connectivity index (χ0n) is 13.6. The third kappa shape index (κ3) is 2.26. The molecule has 126 valence electrons. The van der Waals surface area contributed by atoms with Gasteiger partial charge in [-0.05, 0) is 30.5 Å². The standard InChI is InChI=1S/C18H16N4O3/c1-25-15-6-5-10(7-14(15)24)17-16-12(3-2-4-13(16)23)21-18-11(8-19)9-20-22(17)18/h5-7,9,17,21,24H,2-4H2,1H3/t17-/m0/s1. The van der Waals surface area contributed by atoms with Gasteiger partial charge in [0.15, 0.2) is 17.3 Å². The molecule has 7 nitrogen and oxygen atoms in total. The van der Waals surface area contributed by atoms with Crippen molar-refractivity contribution in [3.63, 3.8) is 0 Å². The number of ketones is 1. The number of ether oxygens (including phenoxy) is 1. The summed E-state index contributed by atoms with van der Waals surface area (Å²) < 4.78 is 6.74. The number of rotatable bonds is 2. The largest absolute Gasteiger partial charge is 0.504 e. The number of aromatic hydroxyl groups is 1. The van der Waals surface area contributed by atoms with Crippen LogP contribution in [0.4, 0.5) is 5.82 Å². The second kappa shape index (κ2) is 5.67. The van der Waals surface area contributed by atoms with E-state index in [0.717, 1.165) is 24.1 Å². The van der Waals surface area contributed by atoms with Crippen LogP contribution in [0.2, 0.25) is 0 Å². The summed E-state index contributed by atoms with van der Waals surface area (Å²) in [7, 11) is 1.48. The number of carbonyl (C=O) groups is 1. The van der Waals surface area contributed by atoms with E-state index in [0.29, 0.717) is 29.1 Å². The molecule has 1 aromatic heterocycles. The quantitative estimate of drug-likeness (QED) is 0.874. The second-order valence-electron chi connectivity index (χ2n) is 6.09. The van der Waals surface area contributed by atoms with Crippen LogP contribution in [-0.4, -0.2) is 27.8 Å². The van der Waals surface area contributed by atoms with Gasteiger partial charge in [0.25, 0.3) is 0 Å². The van der Waals surface area contributed by atoms with E-state index in [1.807, 2.05) is 0 Å². The first-order chi connectivity index (χ1) is 12.1. The van der Waals surface area contributed by atoms with Gasteiger partial charge in [0.2, 0.25) is 0 Å². The van der Waals surface area contributed by atoms with Crippen LogP contribution in [0, 0.1) is 11.3 Å². The summed E-state index contributed by atoms with van der Waals surface area (Å²) in [6, 6.07) is 6.69. The number of nitrogens with zero attached hydrogens (tertiary/aromatic N) is 3. The van der Waals surface area contributed by atoms with Gasteiger partial charge in [0.05, 0.1) is 13.3 Å². The van der Waals surface area contributed by atoms with Gasteiger partial charge in [-0.2, -0.15) is 10.4 Å². The van der Waals surface area contributed by atoms with Crippen LogP contribution in [0.3, 0.4) is 0 Å². The molecule has 1 aliphatic heterocycles. The number of phenolic OH excluding ortho intramolecular Hbond substituents is 1. The van der Waals surface area contributed by atoms with Crippen molar-refractivity contribution in [2.24, 2.45) is 0 Å². The number of Topliss-reactive ketones (excluding diaryl/α,β-unsaturated/α-hetero) is 1. The molecule has 0 saturated carbocycles. The van der Waals surface area contributed by atoms with E-state index in [1.165, 1.54) is 13.3 Å². The van der Waals surface area contributed by atoms with Gasteiger partial charge in [-0.1, -0.05) is 6.07 Å². The first kappa shape index (κ1) is 15.3. The normalized spacial score (nSPS) is 18.9. The summed E-state index contributed by atoms with van der Waals surface area (Å²) in [4.78, 5) is 12.6. The molecule has 0 fully saturated rings. The van der Waals surface area contributed by atoms with Crippen molar-refractivity contribution in [1.29, 1.82) is 5.26 Å². The molecule has 2 N–H and O–H groups in total. The molecule has 0 amide bonds. The molecule has 1 atom stereocenters. The van der Waals surface area contributed by atoms with E-state index in [9.17, 15) is 15.2 Å². The van der Waals surface area contributed by atoms with Crippen molar-refractivity contribution in [1.82, 2.24) is 9.78 Å². The van der Waals surface area contributed by atoms with Crippen molar-refractivity contribution < 1.29 is 14.6 Å². The van der Waals surface area contributed by atoms with Gasteiger partial charge in [0.1, 0.15) is 23.5 Å². The summed E-state index contributed by atoms with van der Waals surface area (Å²) in [5, 5.41) is 27.0. The highest BCUT2D eigenvalue weighted by atomic mass is 16.5. The Morgan fingerprint density at radius 3 is 3.00 bits per heavy atom. The van der Waals surface area contributed by atoms with Crippen LogP contribution in [0.25, 0.3) is 0 Å². The van der Waals surface area contributed by atoms with Gasteiger partial charge in [-0.15, -0.1) is 0 Å². The zero-order valence-corrected chi connectivity index (χ0v) is 13.6. The number of nitriles is 1. The van der Waals surface area contributed by atoms with Crippen LogP contribution in [0.15, 0.2) is 35.7 Å². The monoisotopic (exact) mass is 336 g/mol. The fraction of sp³-hybridized carbons (Fsp3) is 0.278. The maximum absolute atomic E-state index is 12.6. The molecule has 0 radical (unpaired) electrons. The molecule has 1 aliphatic carbocycles. The number of anilines is 1. The third-order valence-electron chi connectivity index (χ3n) is 4.68. The van der Waals surface area contributed by atoms with Crippen molar-refractivity contribution in [2.75, 3.05) is 12.4 Å². The van der Waals surface area contributed by atoms with Crippen LogP contribution in [-0.2, 0) is 4.79 Å². The van der Waals surface area contributed by atoms with E-state index in [-0.39, 0.29) is 11.5 Å². The number of hydrogen-bond donors (Lipinski definition) is 2. The Morgan fingerprint density at radius 2 is 2.28 bits per heavy atom. The minimum Gasteiger partial charge on any atom is -0.504 e. The fourth-order valence-corrected chi connectivity index (χ4v) is 3.53. The topological polar surface area (TPSA) is 100 Å². The Bertz CT molecular complexity index is 952. The predicted octanol–water partition coefficient (Wildman–Crippen LogP) is 2.49. The molecule has 2 heterocycles.